The zero-order chi connectivity index (χ0) is 11.4. The number of carboxylic acid groups (broad SMARTS) is 1. The summed E-state index contributed by atoms with van der Waals surface area (Å²) in [6.07, 6.45) is 0.745. The van der Waals surface area contributed by atoms with E-state index in [2.05, 4.69) is 0 Å². The molecule has 0 aromatic heterocycles. The minimum atomic E-state index is -0.926. The summed E-state index contributed by atoms with van der Waals surface area (Å²) in [6.45, 7) is 4.62. The third-order valence-corrected chi connectivity index (χ3v) is 2.70. The molecule has 1 saturated heterocycles. The molecule has 1 fully saturated rings. The largest absolute Gasteiger partial charge is 0.480 e. The van der Waals surface area contributed by atoms with Crippen LogP contribution in [0.5, 0.6) is 0 Å². The molecule has 0 aromatic rings. The van der Waals surface area contributed by atoms with E-state index < -0.39 is 12.0 Å². The Kier molecular flexibility index (Phi) is 4.08. The molecule has 1 aliphatic heterocycles. The van der Waals surface area contributed by atoms with Crippen molar-refractivity contribution in [3.63, 3.8) is 0 Å². The molecule has 0 saturated carbocycles. The van der Waals surface area contributed by atoms with Crippen LogP contribution in [0.2, 0.25) is 0 Å². The fourth-order valence-corrected chi connectivity index (χ4v) is 1.88. The maximum atomic E-state index is 11.6. The van der Waals surface area contributed by atoms with Crippen molar-refractivity contribution in [2.75, 3.05) is 19.8 Å². The average molecular weight is 215 g/mol. The van der Waals surface area contributed by atoms with Crippen molar-refractivity contribution in [1.29, 1.82) is 0 Å². The zero-order valence-corrected chi connectivity index (χ0v) is 9.10. The number of hydrogen-bond acceptors (Lipinski definition) is 3. The molecule has 1 rings (SSSR count). The molecule has 1 amide bonds. The van der Waals surface area contributed by atoms with Gasteiger partial charge in [-0.2, -0.15) is 0 Å². The van der Waals surface area contributed by atoms with Gasteiger partial charge in [-0.1, -0.05) is 6.92 Å². The van der Waals surface area contributed by atoms with Crippen LogP contribution in [0.25, 0.3) is 0 Å². The molecule has 5 heteroatoms. The number of ether oxygens (including phenoxy) is 1. The first-order valence-electron chi connectivity index (χ1n) is 5.18. The Morgan fingerprint density at radius 2 is 2.20 bits per heavy atom. The Balaban J connectivity index is 2.60. The lowest BCUT2D eigenvalue weighted by atomic mass is 10.0. The number of carbonyl (C=O) groups is 2. The summed E-state index contributed by atoms with van der Waals surface area (Å²) in [4.78, 5) is 24.0. The van der Waals surface area contributed by atoms with Gasteiger partial charge in [0.25, 0.3) is 0 Å². The van der Waals surface area contributed by atoms with Gasteiger partial charge in [-0.15, -0.1) is 0 Å². The molecule has 86 valence electrons. The molecule has 0 aliphatic carbocycles. The molecule has 0 bridgehead atoms. The first-order chi connectivity index (χ1) is 7.07. The number of rotatable bonds is 4. The maximum absolute atomic E-state index is 11.6. The van der Waals surface area contributed by atoms with Crippen LogP contribution in [0.1, 0.15) is 20.3 Å². The van der Waals surface area contributed by atoms with Crippen molar-refractivity contribution in [2.24, 2.45) is 5.92 Å². The summed E-state index contributed by atoms with van der Waals surface area (Å²) < 4.78 is 4.99. The minimum absolute atomic E-state index is 0.0208. The molecule has 1 N–H and O–H groups in total. The molecular formula is C10H17NO4. The van der Waals surface area contributed by atoms with E-state index in [1.807, 2.05) is 6.92 Å². The van der Waals surface area contributed by atoms with E-state index in [9.17, 15) is 9.59 Å². The van der Waals surface area contributed by atoms with Gasteiger partial charge in [0.1, 0.15) is 12.6 Å². The van der Waals surface area contributed by atoms with Crippen LogP contribution >= 0.6 is 0 Å². The normalized spacial score (nSPS) is 25.6. The van der Waals surface area contributed by atoms with Gasteiger partial charge in [0, 0.05) is 13.2 Å². The van der Waals surface area contributed by atoms with Crippen molar-refractivity contribution in [1.82, 2.24) is 4.90 Å². The van der Waals surface area contributed by atoms with Gasteiger partial charge in [-0.25, -0.2) is 4.79 Å². The molecule has 15 heavy (non-hydrogen) atoms. The smallest absolute Gasteiger partial charge is 0.326 e. The van der Waals surface area contributed by atoms with Crippen LogP contribution < -0.4 is 0 Å². The molecule has 1 heterocycles. The average Bonchev–Trinajstić information content (AvgIpc) is 2.56. The third-order valence-electron chi connectivity index (χ3n) is 2.70. The summed E-state index contributed by atoms with van der Waals surface area (Å²) in [5, 5.41) is 8.99. The topological polar surface area (TPSA) is 66.8 Å². The van der Waals surface area contributed by atoms with Gasteiger partial charge in [-0.05, 0) is 19.3 Å². The Morgan fingerprint density at radius 1 is 1.53 bits per heavy atom. The van der Waals surface area contributed by atoms with Crippen molar-refractivity contribution >= 4 is 11.9 Å². The number of hydrogen-bond donors (Lipinski definition) is 1. The molecule has 5 nitrogen and oxygen atoms in total. The van der Waals surface area contributed by atoms with E-state index in [1.165, 1.54) is 4.90 Å². The summed E-state index contributed by atoms with van der Waals surface area (Å²) in [6, 6.07) is -0.682. The highest BCUT2D eigenvalue weighted by Gasteiger charge is 2.39. The maximum Gasteiger partial charge on any atom is 0.326 e. The third kappa shape index (κ3) is 2.68. The van der Waals surface area contributed by atoms with E-state index >= 15 is 0 Å². The van der Waals surface area contributed by atoms with Crippen molar-refractivity contribution in [2.45, 2.75) is 26.3 Å². The van der Waals surface area contributed by atoms with Crippen molar-refractivity contribution in [3.05, 3.63) is 0 Å². The first kappa shape index (κ1) is 12.0. The highest BCUT2D eigenvalue weighted by atomic mass is 16.5. The lowest BCUT2D eigenvalue weighted by molar-refractivity contribution is -0.151. The lowest BCUT2D eigenvalue weighted by Gasteiger charge is -2.23. The standard InChI is InChI=1S/C10H17NO4/c1-3-15-6-8(12)11-5-4-7(2)9(11)10(13)14/h7,9H,3-6H2,1-2H3,(H,13,14). The number of aliphatic carboxylic acids is 1. The number of likely N-dealkylation sites (tertiary alicyclic amines) is 1. The second kappa shape index (κ2) is 5.11. The monoisotopic (exact) mass is 215 g/mol. The quantitative estimate of drug-likeness (QED) is 0.734. The highest BCUT2D eigenvalue weighted by Crippen LogP contribution is 2.24. The van der Waals surface area contributed by atoms with Crippen LogP contribution in [-0.2, 0) is 14.3 Å². The lowest BCUT2D eigenvalue weighted by Crippen LogP contribution is -2.44. The van der Waals surface area contributed by atoms with Crippen LogP contribution in [0, 0.1) is 5.92 Å². The molecular weight excluding hydrogens is 198 g/mol. The van der Waals surface area contributed by atoms with Gasteiger partial charge < -0.3 is 14.7 Å². The number of nitrogens with zero attached hydrogens (tertiary/aromatic N) is 1. The Hall–Kier alpha value is -1.10. The van der Waals surface area contributed by atoms with Crippen LogP contribution in [0.3, 0.4) is 0 Å². The fraction of sp³-hybridized carbons (Fsp3) is 0.800. The Morgan fingerprint density at radius 3 is 2.73 bits per heavy atom. The predicted octanol–water partition coefficient (Wildman–Crippen LogP) is 0.344. The fourth-order valence-electron chi connectivity index (χ4n) is 1.88. The van der Waals surface area contributed by atoms with Crippen molar-refractivity contribution in [3.8, 4) is 0 Å². The Labute approximate surface area is 89.0 Å². The molecule has 1 aliphatic rings. The molecule has 0 spiro atoms. The second-order valence-corrected chi connectivity index (χ2v) is 3.77. The van der Waals surface area contributed by atoms with E-state index in [0.29, 0.717) is 13.2 Å². The summed E-state index contributed by atoms with van der Waals surface area (Å²) >= 11 is 0. The number of amides is 1. The number of carboxylic acids is 1. The SMILES string of the molecule is CCOCC(=O)N1CCC(C)C1C(=O)O. The first-order valence-corrected chi connectivity index (χ1v) is 5.18. The van der Waals surface area contributed by atoms with E-state index in [-0.39, 0.29) is 18.4 Å². The molecule has 2 atom stereocenters. The highest BCUT2D eigenvalue weighted by molar-refractivity contribution is 5.85. The summed E-state index contributed by atoms with van der Waals surface area (Å²) in [5.74, 6) is -1.13. The summed E-state index contributed by atoms with van der Waals surface area (Å²) in [5.41, 5.74) is 0. The minimum Gasteiger partial charge on any atom is -0.480 e. The van der Waals surface area contributed by atoms with Crippen LogP contribution in [0.15, 0.2) is 0 Å². The van der Waals surface area contributed by atoms with Gasteiger partial charge in [0.2, 0.25) is 5.91 Å². The number of carbonyl (C=O) groups excluding carboxylic acids is 1. The van der Waals surface area contributed by atoms with E-state index in [1.54, 1.807) is 6.92 Å². The Bertz CT molecular complexity index is 254. The van der Waals surface area contributed by atoms with Crippen LogP contribution in [-0.4, -0.2) is 47.7 Å². The van der Waals surface area contributed by atoms with Gasteiger partial charge >= 0.3 is 5.97 Å². The van der Waals surface area contributed by atoms with Crippen molar-refractivity contribution < 1.29 is 19.4 Å². The van der Waals surface area contributed by atoms with Crippen LogP contribution in [0.4, 0.5) is 0 Å². The summed E-state index contributed by atoms with van der Waals surface area (Å²) in [7, 11) is 0. The predicted molar refractivity (Wildman–Crippen MR) is 53.4 cm³/mol. The molecule has 2 unspecified atom stereocenters. The van der Waals surface area contributed by atoms with Gasteiger partial charge in [0.05, 0.1) is 0 Å². The van der Waals surface area contributed by atoms with E-state index in [4.69, 9.17) is 9.84 Å². The van der Waals surface area contributed by atoms with E-state index in [0.717, 1.165) is 6.42 Å². The zero-order valence-electron chi connectivity index (χ0n) is 9.10. The molecule has 0 radical (unpaired) electrons. The molecule has 0 aromatic carbocycles. The second-order valence-electron chi connectivity index (χ2n) is 3.77. The van der Waals surface area contributed by atoms with Gasteiger partial charge in [0.15, 0.2) is 0 Å². The van der Waals surface area contributed by atoms with Gasteiger partial charge in [-0.3, -0.25) is 4.79 Å².